The van der Waals surface area contributed by atoms with E-state index in [1.54, 1.807) is 7.05 Å². The van der Waals surface area contributed by atoms with Crippen LogP contribution in [0.25, 0.3) is 0 Å². The number of aliphatic hydroxyl groups is 4. The van der Waals surface area contributed by atoms with Crippen LogP contribution in [0, 0.1) is 5.92 Å². The van der Waals surface area contributed by atoms with Crippen molar-refractivity contribution in [3.63, 3.8) is 0 Å². The van der Waals surface area contributed by atoms with Crippen molar-refractivity contribution in [3.05, 3.63) is 0 Å². The van der Waals surface area contributed by atoms with Crippen LogP contribution in [0.5, 0.6) is 0 Å². The van der Waals surface area contributed by atoms with Gasteiger partial charge in [-0.3, -0.25) is 5.32 Å². The van der Waals surface area contributed by atoms with Gasteiger partial charge in [-0.1, -0.05) is 0 Å². The number of hydrogen-bond donors (Lipinski definition) is 6. The maximum absolute atomic E-state index is 9.36. The number of aliphatic hydroxyl groups excluding tert-OH is 4. The van der Waals surface area contributed by atoms with E-state index in [2.05, 4.69) is 10.6 Å². The second kappa shape index (κ2) is 7.19. The van der Waals surface area contributed by atoms with Gasteiger partial charge < -0.3 is 25.7 Å². The summed E-state index contributed by atoms with van der Waals surface area (Å²) < 4.78 is 0. The maximum Gasteiger partial charge on any atom is 0.113 e. The Labute approximate surface area is 77.2 Å². The van der Waals surface area contributed by atoms with Crippen molar-refractivity contribution in [2.24, 2.45) is 5.92 Å². The minimum absolute atomic E-state index is 0.183. The van der Waals surface area contributed by atoms with Gasteiger partial charge in [0.15, 0.2) is 0 Å². The second-order valence-corrected chi connectivity index (χ2v) is 2.76. The zero-order valence-corrected chi connectivity index (χ0v) is 7.64. The van der Waals surface area contributed by atoms with Crippen LogP contribution in [0.4, 0.5) is 0 Å². The summed E-state index contributed by atoms with van der Waals surface area (Å²) in [5.74, 6) is -0.637. The third-order valence-corrected chi connectivity index (χ3v) is 1.82. The smallest absolute Gasteiger partial charge is 0.113 e. The van der Waals surface area contributed by atoms with Crippen molar-refractivity contribution in [2.45, 2.75) is 12.4 Å². The van der Waals surface area contributed by atoms with Crippen LogP contribution in [-0.4, -0.2) is 59.7 Å². The summed E-state index contributed by atoms with van der Waals surface area (Å²) in [6, 6.07) is 0. The van der Waals surface area contributed by atoms with Crippen LogP contribution in [0.1, 0.15) is 0 Å². The topological polar surface area (TPSA) is 105 Å². The van der Waals surface area contributed by atoms with Gasteiger partial charge in [-0.2, -0.15) is 0 Å². The van der Waals surface area contributed by atoms with Gasteiger partial charge in [0.1, 0.15) is 6.23 Å². The van der Waals surface area contributed by atoms with E-state index < -0.39 is 18.3 Å². The monoisotopic (exact) mass is 194 g/mol. The first kappa shape index (κ1) is 12.8. The normalized spacial score (nSPS) is 16.2. The highest BCUT2D eigenvalue weighted by atomic mass is 16.3. The van der Waals surface area contributed by atoms with Gasteiger partial charge in [-0.25, -0.2) is 0 Å². The van der Waals surface area contributed by atoms with E-state index in [-0.39, 0.29) is 19.8 Å². The Hall–Kier alpha value is -0.240. The Kier molecular flexibility index (Phi) is 7.06. The molecular weight excluding hydrogens is 176 g/mol. The quantitative estimate of drug-likeness (QED) is 0.242. The number of nitrogens with one attached hydrogen (secondary N) is 2. The molecule has 0 saturated heterocycles. The molecule has 0 radical (unpaired) electrons. The van der Waals surface area contributed by atoms with E-state index in [1.165, 1.54) is 0 Å². The highest BCUT2D eigenvalue weighted by Crippen LogP contribution is 1.99. The van der Waals surface area contributed by atoms with Gasteiger partial charge in [0.25, 0.3) is 0 Å². The fourth-order valence-corrected chi connectivity index (χ4v) is 0.827. The lowest BCUT2D eigenvalue weighted by Crippen LogP contribution is -2.52. The molecule has 80 valence electrons. The first-order valence-electron chi connectivity index (χ1n) is 4.13. The predicted molar refractivity (Wildman–Crippen MR) is 46.7 cm³/mol. The first-order valence-corrected chi connectivity index (χ1v) is 4.13. The van der Waals surface area contributed by atoms with Crippen molar-refractivity contribution in [3.8, 4) is 0 Å². The predicted octanol–water partition coefficient (Wildman–Crippen LogP) is -2.97. The SMILES string of the molecule is CNC(CO)NC(O)C(CO)CO. The Morgan fingerprint density at radius 3 is 1.92 bits per heavy atom. The Bertz CT molecular complexity index is 117. The molecule has 6 nitrogen and oxygen atoms in total. The van der Waals surface area contributed by atoms with Gasteiger partial charge in [0.05, 0.1) is 26.0 Å². The van der Waals surface area contributed by atoms with Crippen molar-refractivity contribution in [1.82, 2.24) is 10.6 Å². The molecule has 0 aromatic rings. The van der Waals surface area contributed by atoms with Gasteiger partial charge >= 0.3 is 0 Å². The molecule has 0 aliphatic rings. The zero-order valence-electron chi connectivity index (χ0n) is 7.64. The molecule has 0 heterocycles. The van der Waals surface area contributed by atoms with E-state index in [0.29, 0.717) is 0 Å². The molecule has 6 heteroatoms. The highest BCUT2D eigenvalue weighted by Gasteiger charge is 2.19. The van der Waals surface area contributed by atoms with E-state index in [4.69, 9.17) is 15.3 Å². The molecule has 0 aliphatic heterocycles. The lowest BCUT2D eigenvalue weighted by atomic mass is 10.1. The average molecular weight is 194 g/mol. The second-order valence-electron chi connectivity index (χ2n) is 2.76. The molecule has 0 saturated carbocycles. The molecule has 0 bridgehead atoms. The molecular formula is C7H18N2O4. The molecule has 6 N–H and O–H groups in total. The molecule has 0 rings (SSSR count). The fourth-order valence-electron chi connectivity index (χ4n) is 0.827. The molecule has 0 amide bonds. The third kappa shape index (κ3) is 4.51. The Morgan fingerprint density at radius 2 is 1.62 bits per heavy atom. The molecule has 0 aromatic carbocycles. The van der Waals surface area contributed by atoms with Crippen LogP contribution < -0.4 is 10.6 Å². The van der Waals surface area contributed by atoms with Crippen LogP contribution in [0.2, 0.25) is 0 Å². The lowest BCUT2D eigenvalue weighted by Gasteiger charge is -2.24. The standard InChI is InChI=1S/C7H18N2O4/c1-8-6(4-12)9-7(13)5(2-10)3-11/h5-13H,2-4H2,1H3. The van der Waals surface area contributed by atoms with Crippen LogP contribution in [0.3, 0.4) is 0 Å². The molecule has 0 aliphatic carbocycles. The molecule has 2 atom stereocenters. The minimum Gasteiger partial charge on any atom is -0.396 e. The molecule has 13 heavy (non-hydrogen) atoms. The van der Waals surface area contributed by atoms with E-state index in [9.17, 15) is 5.11 Å². The maximum atomic E-state index is 9.36. The highest BCUT2D eigenvalue weighted by molar-refractivity contribution is 4.69. The minimum atomic E-state index is -1.04. The van der Waals surface area contributed by atoms with Gasteiger partial charge in [0, 0.05) is 5.92 Å². The molecule has 2 unspecified atom stereocenters. The average Bonchev–Trinajstić information content (AvgIpc) is 2.16. The summed E-state index contributed by atoms with van der Waals surface area (Å²) >= 11 is 0. The Balaban J connectivity index is 3.87. The first-order chi connectivity index (χ1) is 6.19. The largest absolute Gasteiger partial charge is 0.396 e. The summed E-state index contributed by atoms with van der Waals surface area (Å²) in [5, 5.41) is 40.8. The number of hydrogen-bond acceptors (Lipinski definition) is 6. The summed E-state index contributed by atoms with van der Waals surface area (Å²) in [7, 11) is 1.62. The zero-order chi connectivity index (χ0) is 10.3. The van der Waals surface area contributed by atoms with Crippen molar-refractivity contribution < 1.29 is 20.4 Å². The van der Waals surface area contributed by atoms with Gasteiger partial charge in [-0.15, -0.1) is 0 Å². The third-order valence-electron chi connectivity index (χ3n) is 1.82. The van der Waals surface area contributed by atoms with Crippen molar-refractivity contribution in [1.29, 1.82) is 0 Å². The molecule has 0 fully saturated rings. The van der Waals surface area contributed by atoms with Gasteiger partial charge in [0.2, 0.25) is 0 Å². The Morgan fingerprint density at radius 1 is 1.08 bits per heavy atom. The molecule has 0 spiro atoms. The lowest BCUT2D eigenvalue weighted by molar-refractivity contribution is -0.00284. The fraction of sp³-hybridized carbons (Fsp3) is 1.00. The number of likely N-dealkylation sites (N-methyl/N-ethyl adjacent to an activating group) is 1. The van der Waals surface area contributed by atoms with Crippen molar-refractivity contribution >= 4 is 0 Å². The summed E-state index contributed by atoms with van der Waals surface area (Å²) in [4.78, 5) is 0. The van der Waals surface area contributed by atoms with E-state index in [1.807, 2.05) is 0 Å². The van der Waals surface area contributed by atoms with Crippen molar-refractivity contribution in [2.75, 3.05) is 26.9 Å². The van der Waals surface area contributed by atoms with E-state index >= 15 is 0 Å². The van der Waals surface area contributed by atoms with Crippen LogP contribution in [0.15, 0.2) is 0 Å². The van der Waals surface area contributed by atoms with E-state index in [0.717, 1.165) is 0 Å². The van der Waals surface area contributed by atoms with Crippen LogP contribution >= 0.6 is 0 Å². The van der Waals surface area contributed by atoms with Gasteiger partial charge in [-0.05, 0) is 7.05 Å². The summed E-state index contributed by atoms with van der Waals surface area (Å²) in [5.41, 5.74) is 0. The van der Waals surface area contributed by atoms with Crippen LogP contribution in [-0.2, 0) is 0 Å². The summed E-state index contributed by atoms with van der Waals surface area (Å²) in [6.45, 7) is -0.809. The molecule has 0 aromatic heterocycles. The summed E-state index contributed by atoms with van der Waals surface area (Å²) in [6.07, 6.45) is -1.49. The number of rotatable bonds is 7.